The van der Waals surface area contributed by atoms with Gasteiger partial charge in [0.15, 0.2) is 0 Å². The molecule has 2 atom stereocenters. The second-order valence-electron chi connectivity index (χ2n) is 6.33. The molecule has 2 unspecified atom stereocenters. The Hall–Kier alpha value is -2.89. The Balaban J connectivity index is 1.51. The molecular formula is C18H17N5O. The number of hydrogen-bond donors (Lipinski definition) is 0. The SMILES string of the molecule is COc1ccn2cc(C3CC3c3nn(C)c4cccnc34)nc2c1. The number of hydrogen-bond acceptors (Lipinski definition) is 4. The molecule has 4 heterocycles. The average Bonchev–Trinajstić information content (AvgIpc) is 3.18. The Morgan fingerprint density at radius 2 is 2.17 bits per heavy atom. The summed E-state index contributed by atoms with van der Waals surface area (Å²) in [4.78, 5) is 9.31. The Bertz CT molecular complexity index is 1060. The van der Waals surface area contributed by atoms with Crippen molar-refractivity contribution in [2.24, 2.45) is 7.05 Å². The number of methoxy groups -OCH3 is 1. The van der Waals surface area contributed by atoms with Crippen molar-refractivity contribution in [3.05, 3.63) is 54.2 Å². The van der Waals surface area contributed by atoms with E-state index in [0.717, 1.165) is 40.2 Å². The predicted octanol–water partition coefficient (Wildman–Crippen LogP) is 2.90. The maximum Gasteiger partial charge on any atom is 0.140 e. The third-order valence-electron chi connectivity index (χ3n) is 4.84. The third kappa shape index (κ3) is 1.92. The number of fused-ring (bicyclic) bond motifs is 2. The Kier molecular flexibility index (Phi) is 2.71. The molecule has 1 saturated carbocycles. The van der Waals surface area contributed by atoms with Crippen LogP contribution in [0.15, 0.2) is 42.9 Å². The van der Waals surface area contributed by atoms with Crippen LogP contribution in [0.3, 0.4) is 0 Å². The molecule has 0 amide bonds. The van der Waals surface area contributed by atoms with E-state index in [0.29, 0.717) is 11.8 Å². The first-order valence-corrected chi connectivity index (χ1v) is 8.05. The van der Waals surface area contributed by atoms with Crippen LogP contribution in [0.5, 0.6) is 5.75 Å². The highest BCUT2D eigenvalue weighted by Crippen LogP contribution is 2.54. The smallest absolute Gasteiger partial charge is 0.140 e. The molecule has 0 bridgehead atoms. The van der Waals surface area contributed by atoms with Gasteiger partial charge in [-0.25, -0.2) is 4.98 Å². The quantitative estimate of drug-likeness (QED) is 0.582. The molecule has 0 spiro atoms. The number of pyridine rings is 2. The van der Waals surface area contributed by atoms with Gasteiger partial charge in [-0.05, 0) is 24.6 Å². The van der Waals surface area contributed by atoms with Crippen molar-refractivity contribution in [3.8, 4) is 5.75 Å². The minimum Gasteiger partial charge on any atom is -0.497 e. The van der Waals surface area contributed by atoms with Crippen LogP contribution >= 0.6 is 0 Å². The van der Waals surface area contributed by atoms with Gasteiger partial charge in [-0.15, -0.1) is 0 Å². The minimum atomic E-state index is 0.399. The first-order valence-electron chi connectivity index (χ1n) is 8.05. The molecule has 1 aliphatic carbocycles. The van der Waals surface area contributed by atoms with Gasteiger partial charge < -0.3 is 9.14 Å². The Morgan fingerprint density at radius 3 is 3.04 bits per heavy atom. The van der Waals surface area contributed by atoms with E-state index in [1.807, 2.05) is 46.7 Å². The summed E-state index contributed by atoms with van der Waals surface area (Å²) in [5, 5.41) is 4.71. The molecule has 0 aromatic carbocycles. The molecule has 5 rings (SSSR count). The topological polar surface area (TPSA) is 57.2 Å². The van der Waals surface area contributed by atoms with Gasteiger partial charge in [0, 0.05) is 43.5 Å². The molecule has 24 heavy (non-hydrogen) atoms. The van der Waals surface area contributed by atoms with Crippen LogP contribution in [-0.2, 0) is 7.05 Å². The highest BCUT2D eigenvalue weighted by Gasteiger charge is 2.44. The molecule has 120 valence electrons. The van der Waals surface area contributed by atoms with Gasteiger partial charge >= 0.3 is 0 Å². The summed E-state index contributed by atoms with van der Waals surface area (Å²) in [6.07, 6.45) is 7.00. The highest BCUT2D eigenvalue weighted by molar-refractivity contribution is 5.78. The van der Waals surface area contributed by atoms with Crippen LogP contribution < -0.4 is 4.74 Å². The zero-order valence-electron chi connectivity index (χ0n) is 13.5. The fourth-order valence-electron chi connectivity index (χ4n) is 3.48. The van der Waals surface area contributed by atoms with Crippen LogP contribution in [0.25, 0.3) is 16.7 Å². The summed E-state index contributed by atoms with van der Waals surface area (Å²) in [6.45, 7) is 0. The zero-order chi connectivity index (χ0) is 16.3. The number of nitrogens with zero attached hydrogens (tertiary/aromatic N) is 5. The summed E-state index contributed by atoms with van der Waals surface area (Å²) < 4.78 is 9.24. The van der Waals surface area contributed by atoms with E-state index < -0.39 is 0 Å². The van der Waals surface area contributed by atoms with Gasteiger partial charge in [-0.3, -0.25) is 9.67 Å². The summed E-state index contributed by atoms with van der Waals surface area (Å²) >= 11 is 0. The van der Waals surface area contributed by atoms with Gasteiger partial charge in [-0.1, -0.05) is 0 Å². The molecule has 0 aliphatic heterocycles. The highest BCUT2D eigenvalue weighted by atomic mass is 16.5. The van der Waals surface area contributed by atoms with Crippen LogP contribution in [0.1, 0.15) is 29.6 Å². The second kappa shape index (κ2) is 4.80. The minimum absolute atomic E-state index is 0.399. The van der Waals surface area contributed by atoms with Crippen LogP contribution in [0, 0.1) is 0 Å². The first-order chi connectivity index (χ1) is 11.7. The lowest BCUT2D eigenvalue weighted by atomic mass is 10.2. The summed E-state index contributed by atoms with van der Waals surface area (Å²) in [7, 11) is 3.65. The molecule has 0 saturated heterocycles. The van der Waals surface area contributed by atoms with E-state index in [1.54, 1.807) is 7.11 Å². The number of aromatic nitrogens is 5. The maximum absolute atomic E-state index is 5.27. The second-order valence-corrected chi connectivity index (χ2v) is 6.33. The molecule has 0 radical (unpaired) electrons. The van der Waals surface area contributed by atoms with E-state index in [2.05, 4.69) is 17.2 Å². The fraction of sp³-hybridized carbons (Fsp3) is 0.278. The average molecular weight is 319 g/mol. The van der Waals surface area contributed by atoms with E-state index in [-0.39, 0.29) is 0 Å². The van der Waals surface area contributed by atoms with Crippen LogP contribution in [0.4, 0.5) is 0 Å². The van der Waals surface area contributed by atoms with E-state index in [4.69, 9.17) is 14.8 Å². The maximum atomic E-state index is 5.27. The number of ether oxygens (including phenoxy) is 1. The third-order valence-corrected chi connectivity index (χ3v) is 4.84. The van der Waals surface area contributed by atoms with Crippen molar-refractivity contribution < 1.29 is 4.74 Å². The molecule has 4 aromatic rings. The Labute approximate surface area is 138 Å². The van der Waals surface area contributed by atoms with E-state index in [1.165, 1.54) is 0 Å². The lowest BCUT2D eigenvalue weighted by Gasteiger charge is -1.98. The van der Waals surface area contributed by atoms with Crippen molar-refractivity contribution >= 4 is 16.7 Å². The number of imidazole rings is 1. The van der Waals surface area contributed by atoms with Gasteiger partial charge in [0.2, 0.25) is 0 Å². The lowest BCUT2D eigenvalue weighted by molar-refractivity contribution is 0.414. The standard InChI is InChI=1S/C18H17N5O/c1-22-15-4-3-6-19-18(15)17(21-22)13-9-12(13)14-10-23-7-5-11(24-2)8-16(23)20-14/h3-8,10,12-13H,9H2,1-2H3. The van der Waals surface area contributed by atoms with E-state index >= 15 is 0 Å². The Morgan fingerprint density at radius 1 is 1.25 bits per heavy atom. The molecular weight excluding hydrogens is 302 g/mol. The monoisotopic (exact) mass is 319 g/mol. The summed E-state index contributed by atoms with van der Waals surface area (Å²) in [5.74, 6) is 1.64. The zero-order valence-corrected chi connectivity index (χ0v) is 13.5. The number of aryl methyl sites for hydroxylation is 1. The molecule has 0 N–H and O–H groups in total. The van der Waals surface area contributed by atoms with Crippen LogP contribution in [-0.4, -0.2) is 31.3 Å². The molecule has 1 fully saturated rings. The van der Waals surface area contributed by atoms with Gasteiger partial charge in [-0.2, -0.15) is 5.10 Å². The van der Waals surface area contributed by atoms with Crippen LogP contribution in [0.2, 0.25) is 0 Å². The molecule has 4 aromatic heterocycles. The first kappa shape index (κ1) is 13.5. The predicted molar refractivity (Wildman–Crippen MR) is 90.4 cm³/mol. The number of rotatable bonds is 3. The van der Waals surface area contributed by atoms with Crippen molar-refractivity contribution in [2.75, 3.05) is 7.11 Å². The van der Waals surface area contributed by atoms with Gasteiger partial charge in [0.05, 0.1) is 24.0 Å². The van der Waals surface area contributed by atoms with Crippen molar-refractivity contribution in [1.82, 2.24) is 24.1 Å². The summed E-state index contributed by atoms with van der Waals surface area (Å²) in [5.41, 5.74) is 5.21. The van der Waals surface area contributed by atoms with Gasteiger partial charge in [0.25, 0.3) is 0 Å². The fourth-order valence-corrected chi connectivity index (χ4v) is 3.48. The lowest BCUT2D eigenvalue weighted by Crippen LogP contribution is -1.91. The van der Waals surface area contributed by atoms with Crippen molar-refractivity contribution in [1.29, 1.82) is 0 Å². The molecule has 6 nitrogen and oxygen atoms in total. The largest absolute Gasteiger partial charge is 0.497 e. The summed E-state index contributed by atoms with van der Waals surface area (Å²) in [6, 6.07) is 7.92. The van der Waals surface area contributed by atoms with Crippen molar-refractivity contribution in [3.63, 3.8) is 0 Å². The van der Waals surface area contributed by atoms with Gasteiger partial charge in [0.1, 0.15) is 16.9 Å². The van der Waals surface area contributed by atoms with Crippen molar-refractivity contribution in [2.45, 2.75) is 18.3 Å². The molecule has 6 heteroatoms. The normalized spacial score (nSPS) is 19.9. The molecule has 1 aliphatic rings. The van der Waals surface area contributed by atoms with E-state index in [9.17, 15) is 0 Å².